The molecule has 32 heavy (non-hydrogen) atoms. The van der Waals surface area contributed by atoms with Crippen LogP contribution >= 0.6 is 0 Å². The molecule has 0 atom stereocenters. The topological polar surface area (TPSA) is 0 Å². The van der Waals surface area contributed by atoms with Crippen LogP contribution in [-0.4, -0.2) is 0 Å². The Labute approximate surface area is 194 Å². The first-order valence-corrected chi connectivity index (χ1v) is 13.7. The first-order valence-electron chi connectivity index (χ1n) is 13.7. The second kappa shape index (κ2) is 13.7. The van der Waals surface area contributed by atoms with Gasteiger partial charge in [0.15, 0.2) is 17.5 Å². The van der Waals surface area contributed by atoms with Crippen LogP contribution in [0.15, 0.2) is 12.1 Å². The van der Waals surface area contributed by atoms with Gasteiger partial charge in [-0.1, -0.05) is 96.8 Å². The van der Waals surface area contributed by atoms with E-state index >= 15 is 0 Å². The van der Waals surface area contributed by atoms with Crippen molar-refractivity contribution in [1.82, 2.24) is 0 Å². The summed E-state index contributed by atoms with van der Waals surface area (Å²) >= 11 is 0. The molecule has 2 aliphatic rings. The van der Waals surface area contributed by atoms with Crippen LogP contribution in [-0.2, 0) is 0 Å². The van der Waals surface area contributed by atoms with Gasteiger partial charge in [0, 0.05) is 0 Å². The van der Waals surface area contributed by atoms with Gasteiger partial charge in [0.2, 0.25) is 0 Å². The molecular weight excluding hydrogens is 405 g/mol. The molecule has 3 rings (SSSR count). The van der Waals surface area contributed by atoms with Crippen molar-refractivity contribution in [2.24, 2.45) is 17.8 Å². The molecule has 2 fully saturated rings. The van der Waals surface area contributed by atoms with Crippen molar-refractivity contribution in [2.45, 2.75) is 128 Å². The lowest BCUT2D eigenvalue weighted by atomic mass is 9.74. The van der Waals surface area contributed by atoms with E-state index in [4.69, 9.17) is 0 Å². The molecule has 182 valence electrons. The highest BCUT2D eigenvalue weighted by atomic mass is 19.2. The zero-order valence-corrected chi connectivity index (χ0v) is 20.3. The van der Waals surface area contributed by atoms with Gasteiger partial charge >= 0.3 is 0 Å². The first-order chi connectivity index (χ1) is 15.6. The molecule has 0 heterocycles. The Morgan fingerprint density at radius 2 is 1.03 bits per heavy atom. The maximum atomic E-state index is 13.6. The van der Waals surface area contributed by atoms with E-state index in [-0.39, 0.29) is 5.92 Å². The summed E-state index contributed by atoms with van der Waals surface area (Å²) in [7, 11) is 0. The van der Waals surface area contributed by atoms with Gasteiger partial charge < -0.3 is 0 Å². The summed E-state index contributed by atoms with van der Waals surface area (Å²) in [4.78, 5) is 0. The Hall–Kier alpha value is -0.990. The smallest absolute Gasteiger partial charge is 0.194 e. The van der Waals surface area contributed by atoms with Gasteiger partial charge in [-0.2, -0.15) is 0 Å². The van der Waals surface area contributed by atoms with E-state index in [1.165, 1.54) is 102 Å². The van der Waals surface area contributed by atoms with Crippen molar-refractivity contribution in [2.75, 3.05) is 0 Å². The van der Waals surface area contributed by atoms with Crippen LogP contribution in [0.5, 0.6) is 0 Å². The van der Waals surface area contributed by atoms with Crippen LogP contribution in [0, 0.1) is 35.2 Å². The lowest BCUT2D eigenvalue weighted by molar-refractivity contribution is 0.222. The Bertz CT molecular complexity index is 631. The molecule has 1 aromatic rings. The van der Waals surface area contributed by atoms with E-state index in [9.17, 15) is 13.2 Å². The molecule has 0 bridgehead atoms. The molecule has 0 saturated heterocycles. The molecule has 2 saturated carbocycles. The molecule has 0 spiro atoms. The largest absolute Gasteiger partial charge is 0.204 e. The minimum atomic E-state index is -1.35. The third-order valence-electron chi connectivity index (χ3n) is 8.49. The van der Waals surface area contributed by atoms with E-state index in [1.54, 1.807) is 0 Å². The highest BCUT2D eigenvalue weighted by molar-refractivity contribution is 5.23. The summed E-state index contributed by atoms with van der Waals surface area (Å²) in [5, 5.41) is 0. The number of hydrogen-bond acceptors (Lipinski definition) is 0. The fraction of sp³-hybridized carbons (Fsp3) is 0.793. The second-order valence-corrected chi connectivity index (χ2v) is 10.9. The third kappa shape index (κ3) is 8.10. The third-order valence-corrected chi connectivity index (χ3v) is 8.49. The van der Waals surface area contributed by atoms with E-state index in [2.05, 4.69) is 6.92 Å². The Kier molecular flexibility index (Phi) is 10.9. The summed E-state index contributed by atoms with van der Waals surface area (Å²) in [6.45, 7) is 2.28. The quantitative estimate of drug-likeness (QED) is 0.219. The van der Waals surface area contributed by atoms with E-state index in [1.807, 2.05) is 0 Å². The molecule has 0 radical (unpaired) electrons. The van der Waals surface area contributed by atoms with Gasteiger partial charge in [0.05, 0.1) is 0 Å². The summed E-state index contributed by atoms with van der Waals surface area (Å²) < 4.78 is 40.3. The molecule has 0 nitrogen and oxygen atoms in total. The minimum absolute atomic E-state index is 0.179. The molecule has 3 heteroatoms. The molecule has 0 unspecified atom stereocenters. The Morgan fingerprint density at radius 1 is 0.594 bits per heavy atom. The Morgan fingerprint density at radius 3 is 1.56 bits per heavy atom. The SMILES string of the molecule is CCCCCCCCC[C@H]1CC[C@H](CC[C@H]2CC[C@H](c3cc(F)c(F)c(F)c3)CC2)CC1. The van der Waals surface area contributed by atoms with E-state index in [0.717, 1.165) is 43.4 Å². The van der Waals surface area contributed by atoms with Crippen molar-refractivity contribution in [3.05, 3.63) is 35.1 Å². The van der Waals surface area contributed by atoms with Crippen molar-refractivity contribution in [3.63, 3.8) is 0 Å². The van der Waals surface area contributed by atoms with Crippen LogP contribution in [0.25, 0.3) is 0 Å². The molecule has 2 aliphatic carbocycles. The average Bonchev–Trinajstić information content (AvgIpc) is 2.81. The molecular formula is C29H45F3. The van der Waals surface area contributed by atoms with Crippen LogP contribution in [0.4, 0.5) is 13.2 Å². The van der Waals surface area contributed by atoms with Crippen LogP contribution in [0.3, 0.4) is 0 Å². The van der Waals surface area contributed by atoms with Gasteiger partial charge in [0.25, 0.3) is 0 Å². The van der Waals surface area contributed by atoms with Gasteiger partial charge in [-0.3, -0.25) is 0 Å². The van der Waals surface area contributed by atoms with Crippen LogP contribution in [0.1, 0.15) is 134 Å². The summed E-state index contributed by atoms with van der Waals surface area (Å²) in [5.41, 5.74) is 0.638. The summed E-state index contributed by atoms with van der Waals surface area (Å²) in [6, 6.07) is 2.41. The Balaban J connectivity index is 1.25. The zero-order chi connectivity index (χ0) is 22.8. The second-order valence-electron chi connectivity index (χ2n) is 10.9. The number of benzene rings is 1. The molecule has 1 aromatic carbocycles. The van der Waals surface area contributed by atoms with Gasteiger partial charge in [-0.15, -0.1) is 0 Å². The maximum absolute atomic E-state index is 13.6. The van der Waals surface area contributed by atoms with Gasteiger partial charge in [0.1, 0.15) is 0 Å². The zero-order valence-electron chi connectivity index (χ0n) is 20.3. The van der Waals surface area contributed by atoms with E-state index in [0.29, 0.717) is 5.56 Å². The molecule has 0 amide bonds. The number of hydrogen-bond donors (Lipinski definition) is 0. The minimum Gasteiger partial charge on any atom is -0.204 e. The summed E-state index contributed by atoms with van der Waals surface area (Å²) in [6.07, 6.45) is 24.0. The normalized spacial score (nSPS) is 26.4. The number of rotatable bonds is 12. The number of unbranched alkanes of at least 4 members (excludes halogenated alkanes) is 6. The fourth-order valence-corrected chi connectivity index (χ4v) is 6.27. The standard InChI is InChI=1S/C29H45F3/c1-2-3-4-5-6-7-8-9-22-10-12-23(13-11-22)14-15-24-16-18-25(19-17-24)26-20-27(30)29(32)28(31)21-26/h20-25H,2-19H2,1H3/t22-,23-,24-,25-. The molecule has 0 N–H and O–H groups in total. The lowest BCUT2D eigenvalue weighted by Crippen LogP contribution is -2.18. The molecule has 0 aromatic heterocycles. The first kappa shape index (κ1) is 25.6. The average molecular weight is 451 g/mol. The van der Waals surface area contributed by atoms with Gasteiger partial charge in [-0.25, -0.2) is 13.2 Å². The van der Waals surface area contributed by atoms with Crippen molar-refractivity contribution >= 4 is 0 Å². The number of halogens is 3. The van der Waals surface area contributed by atoms with Crippen molar-refractivity contribution in [3.8, 4) is 0 Å². The van der Waals surface area contributed by atoms with Crippen LogP contribution in [0.2, 0.25) is 0 Å². The van der Waals surface area contributed by atoms with Crippen molar-refractivity contribution in [1.29, 1.82) is 0 Å². The fourth-order valence-electron chi connectivity index (χ4n) is 6.27. The molecule has 0 aliphatic heterocycles. The predicted molar refractivity (Wildman–Crippen MR) is 128 cm³/mol. The van der Waals surface area contributed by atoms with Crippen LogP contribution < -0.4 is 0 Å². The summed E-state index contributed by atoms with van der Waals surface area (Å²) in [5.74, 6) is -0.620. The predicted octanol–water partition coefficient (Wildman–Crippen LogP) is 10.1. The lowest BCUT2D eigenvalue weighted by Gasteiger charge is -2.32. The maximum Gasteiger partial charge on any atom is 0.194 e. The monoisotopic (exact) mass is 450 g/mol. The highest BCUT2D eigenvalue weighted by Crippen LogP contribution is 2.40. The highest BCUT2D eigenvalue weighted by Gasteiger charge is 2.26. The van der Waals surface area contributed by atoms with Gasteiger partial charge in [-0.05, 0) is 67.1 Å². The van der Waals surface area contributed by atoms with E-state index < -0.39 is 17.5 Å². The van der Waals surface area contributed by atoms with Crippen molar-refractivity contribution < 1.29 is 13.2 Å².